The second kappa shape index (κ2) is 7.24. The Balaban J connectivity index is 1.96. The Bertz CT molecular complexity index is 992. The van der Waals surface area contributed by atoms with Gasteiger partial charge in [-0.15, -0.1) is 0 Å². The molecule has 0 aliphatic carbocycles. The normalized spacial score (nSPS) is 10.5. The highest BCUT2D eigenvalue weighted by atomic mass is 35.5. The summed E-state index contributed by atoms with van der Waals surface area (Å²) in [5.74, 6) is -0.129. The van der Waals surface area contributed by atoms with Gasteiger partial charge in [0.05, 0.1) is 16.1 Å². The number of halogens is 1. The molecule has 9 heteroatoms. The Morgan fingerprint density at radius 2 is 1.96 bits per heavy atom. The van der Waals surface area contributed by atoms with E-state index >= 15 is 0 Å². The molecule has 0 saturated carbocycles. The number of nitro groups is 1. The second-order valence-corrected chi connectivity index (χ2v) is 5.74. The molecule has 1 amide bonds. The van der Waals surface area contributed by atoms with Crippen molar-refractivity contribution in [2.24, 2.45) is 5.73 Å². The van der Waals surface area contributed by atoms with Gasteiger partial charge in [0.1, 0.15) is 10.9 Å². The van der Waals surface area contributed by atoms with Crippen LogP contribution in [0.25, 0.3) is 10.9 Å². The first-order valence-corrected chi connectivity index (χ1v) is 7.83. The summed E-state index contributed by atoms with van der Waals surface area (Å²) in [4.78, 5) is 25.4. The summed E-state index contributed by atoms with van der Waals surface area (Å²) in [6.07, 6.45) is 0. The maximum absolute atomic E-state index is 10.9. The van der Waals surface area contributed by atoms with Gasteiger partial charge < -0.3 is 15.8 Å². The molecule has 3 rings (SSSR count). The Hall–Kier alpha value is -3.39. The molecule has 26 heavy (non-hydrogen) atoms. The molecule has 1 heterocycles. The van der Waals surface area contributed by atoms with Crippen LogP contribution in [-0.2, 0) is 4.79 Å². The van der Waals surface area contributed by atoms with Crippen molar-refractivity contribution in [2.45, 2.75) is 0 Å². The Morgan fingerprint density at radius 1 is 1.23 bits per heavy atom. The van der Waals surface area contributed by atoms with Crippen LogP contribution in [0.4, 0.5) is 17.1 Å². The van der Waals surface area contributed by atoms with Crippen LogP contribution in [0.1, 0.15) is 0 Å². The van der Waals surface area contributed by atoms with Gasteiger partial charge in [0.25, 0.3) is 11.6 Å². The molecule has 0 unspecified atom stereocenters. The molecule has 8 nitrogen and oxygen atoms in total. The van der Waals surface area contributed by atoms with Gasteiger partial charge in [-0.05, 0) is 36.4 Å². The third-order valence-corrected chi connectivity index (χ3v) is 3.68. The average molecular weight is 373 g/mol. The lowest BCUT2D eigenvalue weighted by atomic mass is 10.1. The average Bonchev–Trinajstić information content (AvgIpc) is 2.60. The number of carbonyl (C=O) groups excluding carboxylic acids is 1. The van der Waals surface area contributed by atoms with Gasteiger partial charge in [-0.25, -0.2) is 4.98 Å². The minimum Gasteiger partial charge on any atom is -0.484 e. The van der Waals surface area contributed by atoms with E-state index < -0.39 is 10.8 Å². The molecule has 0 atom stereocenters. The number of benzene rings is 2. The van der Waals surface area contributed by atoms with Crippen molar-refractivity contribution in [3.8, 4) is 5.75 Å². The summed E-state index contributed by atoms with van der Waals surface area (Å²) < 4.78 is 5.32. The molecule has 0 spiro atoms. The third-order valence-electron chi connectivity index (χ3n) is 3.49. The molecule has 1 aromatic heterocycles. The number of aromatic nitrogens is 1. The first-order valence-electron chi connectivity index (χ1n) is 7.45. The summed E-state index contributed by atoms with van der Waals surface area (Å²) in [7, 11) is 0. The summed E-state index contributed by atoms with van der Waals surface area (Å²) in [5, 5.41) is 14.9. The highest BCUT2D eigenvalue weighted by Gasteiger charge is 2.09. The molecular weight excluding hydrogens is 360 g/mol. The van der Waals surface area contributed by atoms with Crippen LogP contribution >= 0.6 is 11.6 Å². The van der Waals surface area contributed by atoms with Crippen LogP contribution in [0, 0.1) is 10.1 Å². The van der Waals surface area contributed by atoms with Crippen LogP contribution in [-0.4, -0.2) is 22.4 Å². The largest absolute Gasteiger partial charge is 0.484 e. The highest BCUT2D eigenvalue weighted by molar-refractivity contribution is 6.30. The topological polar surface area (TPSA) is 120 Å². The first-order chi connectivity index (χ1) is 12.4. The van der Waals surface area contributed by atoms with E-state index in [1.165, 1.54) is 12.1 Å². The lowest BCUT2D eigenvalue weighted by Crippen LogP contribution is -2.19. The lowest BCUT2D eigenvalue weighted by Gasteiger charge is -2.12. The number of carbonyl (C=O) groups is 1. The van der Waals surface area contributed by atoms with Crippen molar-refractivity contribution in [1.82, 2.24) is 4.98 Å². The summed E-state index contributed by atoms with van der Waals surface area (Å²) in [5.41, 5.74) is 6.98. The number of pyridine rings is 1. The summed E-state index contributed by atoms with van der Waals surface area (Å²) in [6.45, 7) is -0.238. The SMILES string of the molecule is NC(=O)COc1ccc2nc(Cl)cc(Nc3ccc([N+](=O)[O-])cc3)c2c1. The Labute approximate surface area is 152 Å². The molecular formula is C17H13ClN4O4. The van der Waals surface area contributed by atoms with E-state index in [1.807, 2.05) is 0 Å². The number of amides is 1. The fraction of sp³-hybridized carbons (Fsp3) is 0.0588. The van der Waals surface area contributed by atoms with E-state index in [0.29, 0.717) is 28.0 Å². The predicted octanol–water partition coefficient (Wildman–Crippen LogP) is 3.40. The van der Waals surface area contributed by atoms with Crippen molar-refractivity contribution in [2.75, 3.05) is 11.9 Å². The number of nitrogens with two attached hydrogens (primary N) is 1. The van der Waals surface area contributed by atoms with Crippen LogP contribution in [0.3, 0.4) is 0 Å². The van der Waals surface area contributed by atoms with Gasteiger partial charge in [0.2, 0.25) is 0 Å². The van der Waals surface area contributed by atoms with Crippen molar-refractivity contribution < 1.29 is 14.5 Å². The molecule has 0 fully saturated rings. The van der Waals surface area contributed by atoms with Crippen LogP contribution in [0.2, 0.25) is 5.15 Å². The van der Waals surface area contributed by atoms with Crippen molar-refractivity contribution in [3.63, 3.8) is 0 Å². The zero-order valence-electron chi connectivity index (χ0n) is 13.3. The summed E-state index contributed by atoms with van der Waals surface area (Å²) in [6, 6.07) is 12.7. The zero-order chi connectivity index (χ0) is 18.7. The van der Waals surface area contributed by atoms with Crippen LogP contribution < -0.4 is 15.8 Å². The zero-order valence-corrected chi connectivity index (χ0v) is 14.1. The monoisotopic (exact) mass is 372 g/mol. The van der Waals surface area contributed by atoms with Crippen LogP contribution in [0.5, 0.6) is 5.75 Å². The number of nitro benzene ring substituents is 1. The Kier molecular flexibility index (Phi) is 4.85. The van der Waals surface area contributed by atoms with E-state index in [2.05, 4.69) is 10.3 Å². The quantitative estimate of drug-likeness (QED) is 0.388. The van der Waals surface area contributed by atoms with Gasteiger partial charge in [-0.2, -0.15) is 0 Å². The van der Waals surface area contributed by atoms with Gasteiger partial charge >= 0.3 is 0 Å². The number of fused-ring (bicyclic) bond motifs is 1. The van der Waals surface area contributed by atoms with Crippen molar-refractivity contribution >= 4 is 45.5 Å². The van der Waals surface area contributed by atoms with Gasteiger partial charge in [-0.3, -0.25) is 14.9 Å². The molecule has 0 aliphatic heterocycles. The number of rotatable bonds is 6. The predicted molar refractivity (Wildman–Crippen MR) is 97.8 cm³/mol. The molecule has 0 saturated heterocycles. The first kappa shape index (κ1) is 17.4. The van der Waals surface area contributed by atoms with E-state index in [0.717, 1.165) is 0 Å². The smallest absolute Gasteiger partial charge is 0.269 e. The molecule has 132 valence electrons. The van der Waals surface area contributed by atoms with Gasteiger partial charge in [0, 0.05) is 23.2 Å². The number of nitrogens with zero attached hydrogens (tertiary/aromatic N) is 2. The molecule has 0 bridgehead atoms. The minimum absolute atomic E-state index is 0.00435. The van der Waals surface area contributed by atoms with Crippen molar-refractivity contribution in [1.29, 1.82) is 0 Å². The third kappa shape index (κ3) is 3.98. The maximum Gasteiger partial charge on any atom is 0.269 e. The van der Waals surface area contributed by atoms with E-state index in [1.54, 1.807) is 36.4 Å². The fourth-order valence-electron chi connectivity index (χ4n) is 2.34. The second-order valence-electron chi connectivity index (χ2n) is 5.36. The number of nitrogens with one attached hydrogen (secondary N) is 1. The number of non-ortho nitro benzene ring substituents is 1. The fourth-order valence-corrected chi connectivity index (χ4v) is 2.54. The maximum atomic E-state index is 10.9. The van der Waals surface area contributed by atoms with Crippen LogP contribution in [0.15, 0.2) is 48.5 Å². The number of ether oxygens (including phenoxy) is 1. The molecule has 2 aromatic carbocycles. The minimum atomic E-state index is -0.580. The summed E-state index contributed by atoms with van der Waals surface area (Å²) >= 11 is 6.07. The standard InChI is InChI=1S/C17H13ClN4O4/c18-16-8-15(20-10-1-3-11(4-2-10)22(24)25)13-7-12(26-9-17(19)23)5-6-14(13)21-16/h1-8H,9H2,(H2,19,23)(H,20,21). The molecule has 0 radical (unpaired) electrons. The highest BCUT2D eigenvalue weighted by Crippen LogP contribution is 2.31. The number of hydrogen-bond acceptors (Lipinski definition) is 6. The van der Waals surface area contributed by atoms with Gasteiger partial charge in [0.15, 0.2) is 6.61 Å². The van der Waals surface area contributed by atoms with Crippen molar-refractivity contribution in [3.05, 3.63) is 63.8 Å². The molecule has 0 aliphatic rings. The lowest BCUT2D eigenvalue weighted by molar-refractivity contribution is -0.384. The van der Waals surface area contributed by atoms with E-state index in [-0.39, 0.29) is 17.4 Å². The molecule has 3 aromatic rings. The number of anilines is 2. The number of hydrogen-bond donors (Lipinski definition) is 2. The van der Waals surface area contributed by atoms with E-state index in [9.17, 15) is 14.9 Å². The van der Waals surface area contributed by atoms with E-state index in [4.69, 9.17) is 22.1 Å². The molecule has 3 N–H and O–H groups in total. The van der Waals surface area contributed by atoms with Gasteiger partial charge in [-0.1, -0.05) is 11.6 Å². The Morgan fingerprint density at radius 3 is 2.62 bits per heavy atom. The number of primary amides is 1.